The van der Waals surface area contributed by atoms with E-state index >= 15 is 0 Å². The standard InChI is InChI=1S/C18H18BrN3O6S/c19-13-3-1-12(2-4-13)18(24)22-21-17(23)7-8-20-29(25,26)14-5-6-15-16(11-14)28-10-9-27-15/h1-6,11,20H,7-10H2,(H,21,23)(H,22,24). The Balaban J connectivity index is 1.46. The summed E-state index contributed by atoms with van der Waals surface area (Å²) in [6, 6.07) is 10.9. The topological polar surface area (TPSA) is 123 Å². The summed E-state index contributed by atoms with van der Waals surface area (Å²) in [5.74, 6) is -0.188. The first-order valence-corrected chi connectivity index (χ1v) is 10.9. The second-order valence-corrected chi connectivity index (χ2v) is 8.65. The van der Waals surface area contributed by atoms with Gasteiger partial charge < -0.3 is 9.47 Å². The van der Waals surface area contributed by atoms with E-state index in [1.165, 1.54) is 18.2 Å². The molecule has 0 atom stereocenters. The first-order valence-electron chi connectivity index (χ1n) is 8.59. The number of benzene rings is 2. The number of carbonyl (C=O) groups excluding carboxylic acids is 2. The van der Waals surface area contributed by atoms with Gasteiger partial charge in [0.15, 0.2) is 11.5 Å². The van der Waals surface area contributed by atoms with E-state index in [2.05, 4.69) is 31.5 Å². The maximum atomic E-state index is 12.4. The first kappa shape index (κ1) is 21.1. The molecule has 0 spiro atoms. The van der Waals surface area contributed by atoms with E-state index in [0.29, 0.717) is 30.3 Å². The Labute approximate surface area is 175 Å². The van der Waals surface area contributed by atoms with Gasteiger partial charge in [0.1, 0.15) is 13.2 Å². The number of hydrogen-bond donors (Lipinski definition) is 3. The highest BCUT2D eigenvalue weighted by molar-refractivity contribution is 9.10. The van der Waals surface area contributed by atoms with Crippen LogP contribution in [0.5, 0.6) is 11.5 Å². The summed E-state index contributed by atoms with van der Waals surface area (Å²) in [4.78, 5) is 23.8. The number of amides is 2. The summed E-state index contributed by atoms with van der Waals surface area (Å²) in [5.41, 5.74) is 4.88. The zero-order valence-corrected chi connectivity index (χ0v) is 17.5. The van der Waals surface area contributed by atoms with Crippen LogP contribution < -0.4 is 25.0 Å². The van der Waals surface area contributed by atoms with Crippen LogP contribution in [-0.2, 0) is 14.8 Å². The molecule has 2 aromatic rings. The zero-order valence-electron chi connectivity index (χ0n) is 15.1. The van der Waals surface area contributed by atoms with Crippen molar-refractivity contribution in [3.05, 3.63) is 52.5 Å². The minimum atomic E-state index is -3.83. The van der Waals surface area contributed by atoms with Crippen molar-refractivity contribution in [1.29, 1.82) is 0 Å². The van der Waals surface area contributed by atoms with Crippen LogP contribution in [-0.4, -0.2) is 40.0 Å². The highest BCUT2D eigenvalue weighted by atomic mass is 79.9. The molecule has 154 valence electrons. The summed E-state index contributed by atoms with van der Waals surface area (Å²) >= 11 is 3.27. The molecule has 1 heterocycles. The van der Waals surface area contributed by atoms with E-state index in [1.54, 1.807) is 24.3 Å². The molecule has 2 aromatic carbocycles. The molecule has 0 saturated carbocycles. The van der Waals surface area contributed by atoms with E-state index in [0.717, 1.165) is 4.47 Å². The van der Waals surface area contributed by atoms with Gasteiger partial charge in [-0.25, -0.2) is 13.1 Å². The van der Waals surface area contributed by atoms with E-state index in [-0.39, 0.29) is 17.9 Å². The molecule has 1 aliphatic heterocycles. The normalized spacial score (nSPS) is 12.9. The molecule has 3 N–H and O–H groups in total. The fourth-order valence-corrected chi connectivity index (χ4v) is 3.75. The number of halogens is 1. The summed E-state index contributed by atoms with van der Waals surface area (Å²) < 4.78 is 38.6. The minimum Gasteiger partial charge on any atom is -0.486 e. The predicted molar refractivity (Wildman–Crippen MR) is 107 cm³/mol. The van der Waals surface area contributed by atoms with Crippen LogP contribution in [0.15, 0.2) is 51.8 Å². The Morgan fingerprint density at radius 1 is 0.966 bits per heavy atom. The Hall–Kier alpha value is -2.63. The Kier molecular flexibility index (Phi) is 6.72. The van der Waals surface area contributed by atoms with Crippen molar-refractivity contribution in [2.24, 2.45) is 0 Å². The maximum Gasteiger partial charge on any atom is 0.269 e. The molecule has 2 amide bonds. The first-order chi connectivity index (χ1) is 13.8. The van der Waals surface area contributed by atoms with E-state index in [4.69, 9.17) is 9.47 Å². The number of carbonyl (C=O) groups is 2. The maximum absolute atomic E-state index is 12.4. The number of fused-ring (bicyclic) bond motifs is 1. The molecule has 0 fully saturated rings. The van der Waals surface area contributed by atoms with Gasteiger partial charge in [-0.15, -0.1) is 0 Å². The highest BCUT2D eigenvalue weighted by Gasteiger charge is 2.19. The predicted octanol–water partition coefficient (Wildman–Crippen LogP) is 1.35. The summed E-state index contributed by atoms with van der Waals surface area (Å²) in [7, 11) is -3.83. The average Bonchev–Trinajstić information content (AvgIpc) is 2.72. The Bertz CT molecular complexity index is 1010. The van der Waals surface area contributed by atoms with Gasteiger partial charge in [-0.05, 0) is 36.4 Å². The Morgan fingerprint density at radius 3 is 2.38 bits per heavy atom. The van der Waals surface area contributed by atoms with Gasteiger partial charge in [0.25, 0.3) is 5.91 Å². The van der Waals surface area contributed by atoms with Crippen molar-refractivity contribution in [2.45, 2.75) is 11.3 Å². The zero-order chi connectivity index (χ0) is 20.9. The quantitative estimate of drug-likeness (QED) is 0.532. The van der Waals surface area contributed by atoms with Crippen LogP contribution in [0.2, 0.25) is 0 Å². The van der Waals surface area contributed by atoms with Gasteiger partial charge in [0.05, 0.1) is 4.90 Å². The lowest BCUT2D eigenvalue weighted by Crippen LogP contribution is -2.42. The molecule has 0 radical (unpaired) electrons. The van der Waals surface area contributed by atoms with Gasteiger partial charge in [-0.1, -0.05) is 15.9 Å². The van der Waals surface area contributed by atoms with Crippen LogP contribution in [0, 0.1) is 0 Å². The number of nitrogens with one attached hydrogen (secondary N) is 3. The van der Waals surface area contributed by atoms with Crippen molar-refractivity contribution >= 4 is 37.8 Å². The second-order valence-electron chi connectivity index (χ2n) is 5.96. The largest absolute Gasteiger partial charge is 0.486 e. The third-order valence-corrected chi connectivity index (χ3v) is 5.88. The molecule has 0 unspecified atom stereocenters. The molecule has 0 aromatic heterocycles. The molecule has 0 aliphatic carbocycles. The number of rotatable bonds is 6. The lowest BCUT2D eigenvalue weighted by molar-refractivity contribution is -0.121. The van der Waals surface area contributed by atoms with Crippen LogP contribution in [0.4, 0.5) is 0 Å². The highest BCUT2D eigenvalue weighted by Crippen LogP contribution is 2.32. The number of hydrogen-bond acceptors (Lipinski definition) is 6. The third kappa shape index (κ3) is 5.68. The third-order valence-electron chi connectivity index (χ3n) is 3.89. The molecule has 11 heteroatoms. The summed E-state index contributed by atoms with van der Waals surface area (Å²) in [6.45, 7) is 0.609. The van der Waals surface area contributed by atoms with Crippen LogP contribution in [0.1, 0.15) is 16.8 Å². The lowest BCUT2D eigenvalue weighted by Gasteiger charge is -2.18. The second kappa shape index (κ2) is 9.25. The van der Waals surface area contributed by atoms with Crippen molar-refractivity contribution in [3.63, 3.8) is 0 Å². The number of ether oxygens (including phenoxy) is 2. The van der Waals surface area contributed by atoms with Gasteiger partial charge in [0.2, 0.25) is 15.9 Å². The van der Waals surface area contributed by atoms with Crippen LogP contribution in [0.25, 0.3) is 0 Å². The van der Waals surface area contributed by atoms with E-state index in [1.807, 2.05) is 0 Å². The average molecular weight is 484 g/mol. The van der Waals surface area contributed by atoms with Gasteiger partial charge in [-0.3, -0.25) is 20.4 Å². The molecular formula is C18H18BrN3O6S. The molecule has 29 heavy (non-hydrogen) atoms. The Morgan fingerprint density at radius 2 is 1.66 bits per heavy atom. The van der Waals surface area contributed by atoms with Crippen molar-refractivity contribution in [1.82, 2.24) is 15.6 Å². The number of hydrazine groups is 1. The smallest absolute Gasteiger partial charge is 0.269 e. The van der Waals surface area contributed by atoms with Gasteiger partial charge in [-0.2, -0.15) is 0 Å². The summed E-state index contributed by atoms with van der Waals surface area (Å²) in [6.07, 6.45) is -0.162. The molecule has 0 saturated heterocycles. The van der Waals surface area contributed by atoms with E-state index < -0.39 is 21.8 Å². The molecule has 0 bridgehead atoms. The lowest BCUT2D eigenvalue weighted by atomic mass is 10.2. The fraction of sp³-hybridized carbons (Fsp3) is 0.222. The summed E-state index contributed by atoms with van der Waals surface area (Å²) in [5, 5.41) is 0. The SMILES string of the molecule is O=C(CCNS(=O)(=O)c1ccc2c(c1)OCCO2)NNC(=O)c1ccc(Br)cc1. The van der Waals surface area contributed by atoms with Crippen LogP contribution >= 0.6 is 15.9 Å². The van der Waals surface area contributed by atoms with Gasteiger partial charge in [0, 0.05) is 29.1 Å². The fourth-order valence-electron chi connectivity index (χ4n) is 2.44. The van der Waals surface area contributed by atoms with Crippen molar-refractivity contribution < 1.29 is 27.5 Å². The van der Waals surface area contributed by atoms with Crippen molar-refractivity contribution in [3.8, 4) is 11.5 Å². The van der Waals surface area contributed by atoms with E-state index in [9.17, 15) is 18.0 Å². The van der Waals surface area contributed by atoms with Gasteiger partial charge >= 0.3 is 0 Å². The van der Waals surface area contributed by atoms with Crippen molar-refractivity contribution in [2.75, 3.05) is 19.8 Å². The monoisotopic (exact) mass is 483 g/mol. The number of sulfonamides is 1. The molecule has 3 rings (SSSR count). The molecular weight excluding hydrogens is 466 g/mol. The minimum absolute atomic E-state index is 0.00528. The molecule has 1 aliphatic rings. The van der Waals surface area contributed by atoms with Crippen LogP contribution in [0.3, 0.4) is 0 Å². The molecule has 9 nitrogen and oxygen atoms in total.